The number of hydrogen-bond donors (Lipinski definition) is 5. The van der Waals surface area contributed by atoms with Crippen molar-refractivity contribution in [3.05, 3.63) is 34.9 Å². The molecule has 1 aliphatic heterocycles. The first-order valence-corrected chi connectivity index (χ1v) is 23.3. The maximum absolute atomic E-state index is 14.4. The predicted molar refractivity (Wildman–Crippen MR) is 227 cm³/mol. The third-order valence-corrected chi connectivity index (χ3v) is 11.9. The fourth-order valence-corrected chi connectivity index (χ4v) is 8.67. The first-order valence-electron chi connectivity index (χ1n) is 21.6. The summed E-state index contributed by atoms with van der Waals surface area (Å²) in [5.41, 5.74) is -0.817. The highest BCUT2D eigenvalue weighted by Crippen LogP contribution is 2.42. The van der Waals surface area contributed by atoms with Crippen LogP contribution in [0.25, 0.3) is 0 Å². The van der Waals surface area contributed by atoms with Crippen LogP contribution < -0.4 is 21.2 Å². The van der Waals surface area contributed by atoms with E-state index in [-0.39, 0.29) is 49.2 Å². The number of esters is 2. The summed E-state index contributed by atoms with van der Waals surface area (Å²) in [5, 5.41) is 29.8. The van der Waals surface area contributed by atoms with Crippen molar-refractivity contribution in [3.8, 4) is 0 Å². The van der Waals surface area contributed by atoms with Crippen molar-refractivity contribution >= 4 is 31.3 Å². The molecule has 2 rings (SSSR count). The highest BCUT2D eigenvalue weighted by molar-refractivity contribution is 7.54. The number of amides is 1. The lowest BCUT2D eigenvalue weighted by Gasteiger charge is -2.38. The molecule has 0 saturated carbocycles. The summed E-state index contributed by atoms with van der Waals surface area (Å²) in [7, 11) is -1.92. The summed E-state index contributed by atoms with van der Waals surface area (Å²) in [6.07, 6.45) is 16.2. The minimum absolute atomic E-state index is 0.0264. The number of aromatic nitrogens is 2. The smallest absolute Gasteiger partial charge is 0.351 e. The lowest BCUT2D eigenvalue weighted by molar-refractivity contribution is -0.205. The molecule has 16 nitrogen and oxygen atoms in total. The molecule has 17 heteroatoms. The van der Waals surface area contributed by atoms with E-state index in [1.165, 1.54) is 65.0 Å². The molecule has 1 aromatic rings. The SMILES string of the molecule is CCCCCCCC/C=C/CCCCCCCC(=O)Nc1ccn([C@@H]2O[C@H](COP(=O)(N[C@@H](CC(C)C)C(=O)OC)N[C@@H](CC(C)C)C(=O)OC)[C@H](O)CC2O)c(=O)n1. The molecule has 0 bridgehead atoms. The van der Waals surface area contributed by atoms with Crippen LogP contribution in [0.2, 0.25) is 0 Å². The molecule has 59 heavy (non-hydrogen) atoms. The van der Waals surface area contributed by atoms with Gasteiger partial charge in [0.05, 0.1) is 26.9 Å². The molecule has 1 aliphatic rings. The Balaban J connectivity index is 1.98. The molecule has 0 spiro atoms. The van der Waals surface area contributed by atoms with Gasteiger partial charge >= 0.3 is 25.3 Å². The number of ether oxygens (including phenoxy) is 3. The fraction of sp³-hybridized carbons (Fsp3) is 0.786. The van der Waals surface area contributed by atoms with Gasteiger partial charge in [-0.2, -0.15) is 4.98 Å². The Morgan fingerprint density at radius 3 is 1.90 bits per heavy atom. The molecule has 1 aromatic heterocycles. The topological polar surface area (TPSA) is 217 Å². The van der Waals surface area contributed by atoms with E-state index in [1.54, 1.807) is 0 Å². The minimum Gasteiger partial charge on any atom is -0.468 e. The van der Waals surface area contributed by atoms with Gasteiger partial charge in [-0.3, -0.25) is 23.5 Å². The molecule has 1 fully saturated rings. The molecule has 338 valence electrons. The normalized spacial score (nSPS) is 19.6. The number of allylic oxidation sites excluding steroid dienone is 2. The second kappa shape index (κ2) is 28.5. The molecular weight excluding hydrogens is 781 g/mol. The number of nitrogens with one attached hydrogen (secondary N) is 3. The third-order valence-electron chi connectivity index (χ3n) is 10.1. The van der Waals surface area contributed by atoms with E-state index in [4.69, 9.17) is 18.7 Å². The van der Waals surface area contributed by atoms with Gasteiger partial charge in [0.25, 0.3) is 0 Å². The van der Waals surface area contributed by atoms with Gasteiger partial charge in [0.1, 0.15) is 30.1 Å². The summed E-state index contributed by atoms with van der Waals surface area (Å²) >= 11 is 0. The number of carbonyl (C=O) groups is 3. The summed E-state index contributed by atoms with van der Waals surface area (Å²) in [6.45, 7) is 9.15. The lowest BCUT2D eigenvalue weighted by atomic mass is 10.0. The number of hydrogen-bond acceptors (Lipinski definition) is 12. The molecule has 6 atom stereocenters. The highest BCUT2D eigenvalue weighted by atomic mass is 31.2. The zero-order chi connectivity index (χ0) is 43.8. The molecule has 5 N–H and O–H groups in total. The molecular formula is C42H74N5O11P. The first kappa shape index (κ1) is 52.2. The average molecular weight is 856 g/mol. The average Bonchev–Trinajstić information content (AvgIpc) is 3.18. The van der Waals surface area contributed by atoms with Crippen molar-refractivity contribution in [2.24, 2.45) is 11.8 Å². The molecule has 1 amide bonds. The quantitative estimate of drug-likeness (QED) is 0.0235. The van der Waals surface area contributed by atoms with Crippen LogP contribution in [0.4, 0.5) is 5.82 Å². The second-order valence-electron chi connectivity index (χ2n) is 16.3. The predicted octanol–water partition coefficient (Wildman–Crippen LogP) is 6.71. The van der Waals surface area contributed by atoms with E-state index < -0.39 is 68.5 Å². The highest BCUT2D eigenvalue weighted by Gasteiger charge is 2.42. The van der Waals surface area contributed by atoms with Crippen LogP contribution in [-0.4, -0.2) is 88.8 Å². The van der Waals surface area contributed by atoms with Crippen LogP contribution in [0, 0.1) is 11.8 Å². The van der Waals surface area contributed by atoms with E-state index in [0.29, 0.717) is 6.42 Å². The lowest BCUT2D eigenvalue weighted by Crippen LogP contribution is -2.50. The number of aliphatic hydroxyl groups excluding tert-OH is 2. The Labute approximate surface area is 351 Å². The summed E-state index contributed by atoms with van der Waals surface area (Å²) in [5.74, 6) is -1.67. The van der Waals surface area contributed by atoms with Gasteiger partial charge in [0.2, 0.25) is 5.91 Å². The van der Waals surface area contributed by atoms with Crippen molar-refractivity contribution in [1.29, 1.82) is 0 Å². The van der Waals surface area contributed by atoms with Crippen molar-refractivity contribution in [3.63, 3.8) is 0 Å². The maximum Gasteiger partial charge on any atom is 0.351 e. The molecule has 0 aromatic carbocycles. The first-order chi connectivity index (χ1) is 28.1. The Morgan fingerprint density at radius 2 is 1.39 bits per heavy atom. The Bertz CT molecular complexity index is 1490. The van der Waals surface area contributed by atoms with Crippen LogP contribution in [0.3, 0.4) is 0 Å². The summed E-state index contributed by atoms with van der Waals surface area (Å²) in [4.78, 5) is 55.1. The number of methoxy groups -OCH3 is 2. The Kier molecular flexibility index (Phi) is 25.2. The van der Waals surface area contributed by atoms with Gasteiger partial charge in [-0.25, -0.2) is 15.0 Å². The largest absolute Gasteiger partial charge is 0.468 e. The van der Waals surface area contributed by atoms with Gasteiger partial charge in [0, 0.05) is 19.0 Å². The van der Waals surface area contributed by atoms with Crippen molar-refractivity contribution in [2.75, 3.05) is 26.1 Å². The minimum atomic E-state index is -4.31. The molecule has 1 unspecified atom stereocenters. The summed E-state index contributed by atoms with van der Waals surface area (Å²) in [6, 6.07) is -0.766. The Hall–Kier alpha value is -2.98. The van der Waals surface area contributed by atoms with E-state index in [0.717, 1.165) is 43.1 Å². The van der Waals surface area contributed by atoms with Gasteiger partial charge in [-0.15, -0.1) is 0 Å². The number of carbonyl (C=O) groups excluding carboxylic acids is 3. The maximum atomic E-state index is 14.4. The van der Waals surface area contributed by atoms with E-state index in [2.05, 4.69) is 39.6 Å². The molecule has 0 aliphatic carbocycles. The fourth-order valence-electron chi connectivity index (χ4n) is 6.85. The van der Waals surface area contributed by atoms with E-state index in [9.17, 15) is 34.0 Å². The van der Waals surface area contributed by atoms with Gasteiger partial charge in [0.15, 0.2) is 6.23 Å². The van der Waals surface area contributed by atoms with Gasteiger partial charge in [-0.1, -0.05) is 98.1 Å². The number of aliphatic hydroxyl groups is 2. The van der Waals surface area contributed by atoms with Crippen LogP contribution in [0.15, 0.2) is 29.2 Å². The van der Waals surface area contributed by atoms with Crippen LogP contribution >= 0.6 is 7.67 Å². The number of nitrogens with zero attached hydrogens (tertiary/aromatic N) is 2. The van der Waals surface area contributed by atoms with Gasteiger partial charge < -0.3 is 34.3 Å². The summed E-state index contributed by atoms with van der Waals surface area (Å²) < 4.78 is 37.1. The molecule has 0 radical (unpaired) electrons. The standard InChI is InChI=1S/C42H74N5O11P/c1-8-9-10-11-12-13-14-15-16-17-18-19-20-21-22-23-38(50)43-37-24-25-47(42(53)44-37)39-35(49)28-34(48)36(58-39)29-57-59(54,45-32(26-30(2)3)40(51)55-6)46-33(27-31(4)5)41(52)56-7/h15-16,24-25,30-36,39,48-49H,8-14,17-23,26-29H2,1-7H3,(H2,45,46,54)(H,43,44,50,53)/b16-15+/t32-,33-,34+,35?,36+,39+/m0/s1. The molecule has 2 heterocycles. The second-order valence-corrected chi connectivity index (χ2v) is 18.2. The Morgan fingerprint density at radius 1 is 0.864 bits per heavy atom. The zero-order valence-electron chi connectivity index (χ0n) is 36.6. The van der Waals surface area contributed by atoms with Crippen molar-refractivity contribution < 1.29 is 47.9 Å². The van der Waals surface area contributed by atoms with E-state index >= 15 is 0 Å². The number of anilines is 1. The van der Waals surface area contributed by atoms with Crippen LogP contribution in [0.1, 0.15) is 150 Å². The van der Waals surface area contributed by atoms with Crippen LogP contribution in [0.5, 0.6) is 0 Å². The third kappa shape index (κ3) is 20.4. The van der Waals surface area contributed by atoms with Crippen molar-refractivity contribution in [1.82, 2.24) is 19.7 Å². The van der Waals surface area contributed by atoms with Gasteiger partial charge in [-0.05, 0) is 62.8 Å². The zero-order valence-corrected chi connectivity index (χ0v) is 37.5. The number of unbranched alkanes of at least 4 members (excludes halogenated alkanes) is 11. The molecule has 1 saturated heterocycles. The number of rotatable bonds is 30. The van der Waals surface area contributed by atoms with E-state index in [1.807, 2.05) is 27.7 Å². The van der Waals surface area contributed by atoms with Crippen molar-refractivity contribution in [2.45, 2.75) is 180 Å². The van der Waals surface area contributed by atoms with Crippen LogP contribution in [-0.2, 0) is 37.7 Å². The monoisotopic (exact) mass is 856 g/mol.